The monoisotopic (exact) mass is 310 g/mol. The average Bonchev–Trinajstić information content (AvgIpc) is 2.55. The molecule has 0 spiro atoms. The molecule has 2 aromatic rings. The maximum absolute atomic E-state index is 12.0. The summed E-state index contributed by atoms with van der Waals surface area (Å²) in [5.41, 5.74) is 2.86. The van der Waals surface area contributed by atoms with Crippen molar-refractivity contribution in [2.75, 3.05) is 7.11 Å². The van der Waals surface area contributed by atoms with Gasteiger partial charge in [-0.15, -0.1) is 0 Å². The smallest absolute Gasteiger partial charge is 0.308 e. The Hall–Kier alpha value is -2.33. The highest BCUT2D eigenvalue weighted by molar-refractivity contribution is 5.72. The number of benzene rings is 2. The molecule has 1 aliphatic heterocycles. The number of ether oxygens (including phenoxy) is 2. The predicted molar refractivity (Wildman–Crippen MR) is 84.0 cm³/mol. The number of esters is 1. The van der Waals surface area contributed by atoms with E-state index in [0.29, 0.717) is 18.4 Å². The minimum atomic E-state index is -1.49. The van der Waals surface area contributed by atoms with Gasteiger partial charge in [0.2, 0.25) is 5.79 Å². The van der Waals surface area contributed by atoms with Crippen molar-refractivity contribution in [2.45, 2.75) is 24.5 Å². The van der Waals surface area contributed by atoms with E-state index in [0.717, 1.165) is 16.9 Å². The van der Waals surface area contributed by atoms with Gasteiger partial charge in [0.25, 0.3) is 0 Å². The van der Waals surface area contributed by atoms with Gasteiger partial charge in [0, 0.05) is 24.3 Å². The Kier molecular flexibility index (Phi) is 3.16. The van der Waals surface area contributed by atoms with Gasteiger partial charge in [-0.2, -0.15) is 0 Å². The molecule has 2 aliphatic rings. The van der Waals surface area contributed by atoms with E-state index in [1.54, 1.807) is 7.11 Å². The number of carbonyl (C=O) groups is 1. The normalized spacial score (nSPS) is 28.7. The van der Waals surface area contributed by atoms with Gasteiger partial charge in [-0.1, -0.05) is 36.4 Å². The zero-order chi connectivity index (χ0) is 16.0. The molecule has 4 rings (SSSR count). The van der Waals surface area contributed by atoms with Gasteiger partial charge >= 0.3 is 5.97 Å². The highest BCUT2D eigenvalue weighted by Crippen LogP contribution is 2.52. The molecule has 0 aromatic heterocycles. The van der Waals surface area contributed by atoms with E-state index < -0.39 is 5.79 Å². The van der Waals surface area contributed by atoms with Crippen LogP contribution in [0.3, 0.4) is 0 Å². The molecule has 4 nitrogen and oxygen atoms in total. The molecule has 0 saturated carbocycles. The maximum Gasteiger partial charge on any atom is 0.308 e. The highest BCUT2D eigenvalue weighted by atomic mass is 16.7. The molecule has 0 amide bonds. The molecule has 23 heavy (non-hydrogen) atoms. The fourth-order valence-corrected chi connectivity index (χ4v) is 3.95. The zero-order valence-electron chi connectivity index (χ0n) is 12.9. The van der Waals surface area contributed by atoms with E-state index >= 15 is 0 Å². The third-order valence-corrected chi connectivity index (χ3v) is 4.91. The lowest BCUT2D eigenvalue weighted by Crippen LogP contribution is -2.46. The number of methoxy groups -OCH3 is 1. The van der Waals surface area contributed by atoms with Gasteiger partial charge in [-0.05, 0) is 29.2 Å². The summed E-state index contributed by atoms with van der Waals surface area (Å²) in [5.74, 6) is -0.913. The van der Waals surface area contributed by atoms with Crippen LogP contribution in [0, 0.1) is 5.92 Å². The van der Waals surface area contributed by atoms with E-state index in [4.69, 9.17) is 9.47 Å². The highest BCUT2D eigenvalue weighted by Gasteiger charge is 2.50. The van der Waals surface area contributed by atoms with Crippen LogP contribution in [0.4, 0.5) is 0 Å². The summed E-state index contributed by atoms with van der Waals surface area (Å²) in [6, 6.07) is 15.6. The molecular weight excluding hydrogens is 292 g/mol. The third kappa shape index (κ3) is 2.21. The Bertz CT molecular complexity index is 752. The van der Waals surface area contributed by atoms with E-state index in [-0.39, 0.29) is 17.8 Å². The zero-order valence-corrected chi connectivity index (χ0v) is 12.9. The SMILES string of the molecule is COc1ccc(C2c3ccccc3C3(O)CC2CC(=O)O3)cc1. The van der Waals surface area contributed by atoms with Crippen molar-refractivity contribution >= 4 is 5.97 Å². The molecule has 1 N–H and O–H groups in total. The Labute approximate surface area is 134 Å². The first-order valence-electron chi connectivity index (χ1n) is 7.78. The summed E-state index contributed by atoms with van der Waals surface area (Å²) in [6.45, 7) is 0. The standard InChI is InChI=1S/C19H18O4/c1-22-14-8-6-12(7-9-14)18-13-10-17(20)23-19(21,11-13)16-5-3-2-4-15(16)18/h2-9,13,18,21H,10-11H2,1H3. The van der Waals surface area contributed by atoms with Crippen LogP contribution >= 0.6 is 0 Å². The molecule has 1 fully saturated rings. The van der Waals surface area contributed by atoms with Crippen molar-refractivity contribution in [3.8, 4) is 5.75 Å². The molecule has 0 radical (unpaired) electrons. The predicted octanol–water partition coefficient (Wildman–Crippen LogP) is 2.94. The summed E-state index contributed by atoms with van der Waals surface area (Å²) >= 11 is 0. The van der Waals surface area contributed by atoms with E-state index in [1.165, 1.54) is 0 Å². The van der Waals surface area contributed by atoms with Crippen LogP contribution in [-0.4, -0.2) is 18.2 Å². The molecular formula is C19H18O4. The second-order valence-electron chi connectivity index (χ2n) is 6.26. The first-order chi connectivity index (χ1) is 11.1. The van der Waals surface area contributed by atoms with Crippen LogP contribution < -0.4 is 4.74 Å². The number of carbonyl (C=O) groups excluding carboxylic acids is 1. The van der Waals surface area contributed by atoms with E-state index in [2.05, 4.69) is 0 Å². The van der Waals surface area contributed by atoms with Gasteiger partial charge in [-0.3, -0.25) is 4.79 Å². The van der Waals surface area contributed by atoms with Crippen LogP contribution in [0.1, 0.15) is 35.4 Å². The molecule has 3 atom stereocenters. The van der Waals surface area contributed by atoms with Crippen molar-refractivity contribution in [1.82, 2.24) is 0 Å². The minimum Gasteiger partial charge on any atom is -0.497 e. The molecule has 1 heterocycles. The summed E-state index contributed by atoms with van der Waals surface area (Å²) in [5, 5.41) is 10.8. The van der Waals surface area contributed by atoms with Crippen molar-refractivity contribution < 1.29 is 19.4 Å². The lowest BCUT2D eigenvalue weighted by molar-refractivity contribution is -0.241. The lowest BCUT2D eigenvalue weighted by atomic mass is 9.67. The molecule has 2 aromatic carbocycles. The summed E-state index contributed by atoms with van der Waals surface area (Å²) in [4.78, 5) is 12.0. The first-order valence-corrected chi connectivity index (χ1v) is 7.78. The number of aliphatic hydroxyl groups is 1. The van der Waals surface area contributed by atoms with Gasteiger partial charge < -0.3 is 14.6 Å². The van der Waals surface area contributed by atoms with Crippen molar-refractivity contribution in [3.63, 3.8) is 0 Å². The number of fused-ring (bicyclic) bond motifs is 4. The largest absolute Gasteiger partial charge is 0.497 e. The average molecular weight is 310 g/mol. The van der Waals surface area contributed by atoms with Crippen LogP contribution in [0.5, 0.6) is 5.75 Å². The minimum absolute atomic E-state index is 0.0320. The Morgan fingerprint density at radius 3 is 2.65 bits per heavy atom. The van der Waals surface area contributed by atoms with Gasteiger partial charge in [-0.25, -0.2) is 0 Å². The third-order valence-electron chi connectivity index (χ3n) is 4.91. The summed E-state index contributed by atoms with van der Waals surface area (Å²) in [6.07, 6.45) is 0.764. The Morgan fingerprint density at radius 1 is 1.17 bits per heavy atom. The Balaban J connectivity index is 1.86. The number of rotatable bonds is 2. The van der Waals surface area contributed by atoms with Crippen molar-refractivity contribution in [3.05, 3.63) is 65.2 Å². The topological polar surface area (TPSA) is 55.8 Å². The van der Waals surface area contributed by atoms with Gasteiger partial charge in [0.1, 0.15) is 5.75 Å². The van der Waals surface area contributed by atoms with Crippen LogP contribution in [-0.2, 0) is 15.3 Å². The van der Waals surface area contributed by atoms with Crippen LogP contribution in [0.25, 0.3) is 0 Å². The Morgan fingerprint density at radius 2 is 1.91 bits per heavy atom. The molecule has 1 saturated heterocycles. The molecule has 118 valence electrons. The molecule has 1 aliphatic carbocycles. The van der Waals surface area contributed by atoms with E-state index in [1.807, 2.05) is 48.5 Å². The van der Waals surface area contributed by atoms with Crippen LogP contribution in [0.15, 0.2) is 48.5 Å². The lowest BCUT2D eigenvalue weighted by Gasteiger charge is -2.45. The molecule has 4 heteroatoms. The van der Waals surface area contributed by atoms with Gasteiger partial charge in [0.15, 0.2) is 0 Å². The second-order valence-corrected chi connectivity index (χ2v) is 6.26. The molecule has 2 bridgehead atoms. The fraction of sp³-hybridized carbons (Fsp3) is 0.316. The summed E-state index contributed by atoms with van der Waals surface area (Å²) < 4.78 is 10.5. The number of hydrogen-bond donors (Lipinski definition) is 1. The maximum atomic E-state index is 12.0. The second kappa shape index (κ2) is 5.10. The number of hydrogen-bond acceptors (Lipinski definition) is 4. The van der Waals surface area contributed by atoms with Gasteiger partial charge in [0.05, 0.1) is 7.11 Å². The van der Waals surface area contributed by atoms with Crippen molar-refractivity contribution in [2.24, 2.45) is 5.92 Å². The fourth-order valence-electron chi connectivity index (χ4n) is 3.95. The first kappa shape index (κ1) is 14.3. The van der Waals surface area contributed by atoms with Crippen molar-refractivity contribution in [1.29, 1.82) is 0 Å². The van der Waals surface area contributed by atoms with Crippen LogP contribution in [0.2, 0.25) is 0 Å². The summed E-state index contributed by atoms with van der Waals surface area (Å²) in [7, 11) is 1.64. The van der Waals surface area contributed by atoms with E-state index in [9.17, 15) is 9.90 Å². The quantitative estimate of drug-likeness (QED) is 0.867. The molecule has 3 unspecified atom stereocenters.